The first kappa shape index (κ1) is 10.1. The monoisotopic (exact) mass is 211 g/mol. The van der Waals surface area contributed by atoms with Crippen LogP contribution in [0.4, 0.5) is 0 Å². The molecule has 0 aromatic carbocycles. The van der Waals surface area contributed by atoms with Gasteiger partial charge in [0.15, 0.2) is 5.82 Å². The third kappa shape index (κ3) is 2.33. The van der Waals surface area contributed by atoms with Gasteiger partial charge in [0.2, 0.25) is 5.89 Å². The van der Waals surface area contributed by atoms with E-state index >= 15 is 0 Å². The highest BCUT2D eigenvalue weighted by atomic mass is 16.5. The number of carboxylic acid groups (broad SMARTS) is 1. The lowest BCUT2D eigenvalue weighted by Gasteiger charge is -2.11. The minimum atomic E-state index is -0.721. The molecule has 1 saturated heterocycles. The molecule has 82 valence electrons. The fourth-order valence-electron chi connectivity index (χ4n) is 1.78. The van der Waals surface area contributed by atoms with Gasteiger partial charge in [-0.05, 0) is 13.0 Å². The average molecular weight is 211 g/mol. The predicted molar refractivity (Wildman–Crippen MR) is 50.1 cm³/mol. The summed E-state index contributed by atoms with van der Waals surface area (Å²) in [4.78, 5) is 16.8. The number of hydrogen-bond donors (Lipinski definition) is 1. The van der Waals surface area contributed by atoms with E-state index in [2.05, 4.69) is 10.1 Å². The number of hydrogen-bond acceptors (Lipinski definition) is 5. The molecule has 2 heterocycles. The number of aryl methyl sites for hydroxylation is 1. The summed E-state index contributed by atoms with van der Waals surface area (Å²) in [5, 5.41) is 12.6. The molecule has 1 unspecified atom stereocenters. The van der Waals surface area contributed by atoms with Gasteiger partial charge in [0.1, 0.15) is 0 Å². The second-order valence-electron chi connectivity index (χ2n) is 3.79. The third-order valence-electron chi connectivity index (χ3n) is 2.56. The summed E-state index contributed by atoms with van der Waals surface area (Å²) in [5.41, 5.74) is 0. The Hall–Kier alpha value is -1.43. The summed E-state index contributed by atoms with van der Waals surface area (Å²) in [6, 6.07) is 0. The largest absolute Gasteiger partial charge is 0.481 e. The summed E-state index contributed by atoms with van der Waals surface area (Å²) in [6.45, 7) is 3.66. The number of aliphatic carboxylic acids is 1. The molecule has 0 bridgehead atoms. The van der Waals surface area contributed by atoms with Crippen molar-refractivity contribution in [1.29, 1.82) is 0 Å². The van der Waals surface area contributed by atoms with Crippen LogP contribution in [0.1, 0.15) is 18.1 Å². The fourth-order valence-corrected chi connectivity index (χ4v) is 1.78. The molecule has 1 aliphatic rings. The van der Waals surface area contributed by atoms with Gasteiger partial charge in [0.05, 0.1) is 12.5 Å². The van der Waals surface area contributed by atoms with Crippen molar-refractivity contribution in [2.75, 3.05) is 13.1 Å². The molecule has 1 aromatic heterocycles. The van der Waals surface area contributed by atoms with Crippen molar-refractivity contribution in [3.63, 3.8) is 0 Å². The number of aromatic nitrogens is 2. The van der Waals surface area contributed by atoms with E-state index in [-0.39, 0.29) is 5.92 Å². The summed E-state index contributed by atoms with van der Waals surface area (Å²) in [7, 11) is 0. The van der Waals surface area contributed by atoms with E-state index < -0.39 is 5.97 Å². The van der Waals surface area contributed by atoms with Gasteiger partial charge in [0, 0.05) is 13.5 Å². The topological polar surface area (TPSA) is 79.5 Å². The van der Waals surface area contributed by atoms with Crippen LogP contribution < -0.4 is 0 Å². The standard InChI is InChI=1S/C9H13N3O3/c1-6-10-8(11-15-6)5-12-3-2-7(4-12)9(13)14/h7H,2-5H2,1H3,(H,13,14). The van der Waals surface area contributed by atoms with Crippen LogP contribution in [-0.2, 0) is 11.3 Å². The fraction of sp³-hybridized carbons (Fsp3) is 0.667. The maximum absolute atomic E-state index is 10.7. The summed E-state index contributed by atoms with van der Waals surface area (Å²) < 4.78 is 4.84. The summed E-state index contributed by atoms with van der Waals surface area (Å²) >= 11 is 0. The quantitative estimate of drug-likeness (QED) is 0.773. The molecule has 1 atom stereocenters. The molecule has 1 N–H and O–H groups in total. The molecular formula is C9H13N3O3. The van der Waals surface area contributed by atoms with Crippen LogP contribution in [0.2, 0.25) is 0 Å². The minimum absolute atomic E-state index is 0.252. The Kier molecular flexibility index (Phi) is 2.68. The zero-order valence-corrected chi connectivity index (χ0v) is 8.51. The molecule has 0 amide bonds. The van der Waals surface area contributed by atoms with E-state index in [0.29, 0.717) is 31.2 Å². The highest BCUT2D eigenvalue weighted by molar-refractivity contribution is 5.70. The molecule has 0 radical (unpaired) electrons. The van der Waals surface area contributed by atoms with E-state index in [1.807, 2.05) is 4.90 Å². The van der Waals surface area contributed by atoms with E-state index in [1.54, 1.807) is 6.92 Å². The lowest BCUT2D eigenvalue weighted by molar-refractivity contribution is -0.141. The van der Waals surface area contributed by atoms with Gasteiger partial charge in [-0.15, -0.1) is 0 Å². The van der Waals surface area contributed by atoms with Crippen molar-refractivity contribution in [2.45, 2.75) is 19.9 Å². The summed E-state index contributed by atoms with van der Waals surface area (Å²) in [5.74, 6) is 0.192. The molecule has 15 heavy (non-hydrogen) atoms. The Labute approximate surface area is 86.9 Å². The first-order valence-corrected chi connectivity index (χ1v) is 4.89. The van der Waals surface area contributed by atoms with Crippen LogP contribution >= 0.6 is 0 Å². The Balaban J connectivity index is 1.90. The van der Waals surface area contributed by atoms with Crippen molar-refractivity contribution in [3.05, 3.63) is 11.7 Å². The van der Waals surface area contributed by atoms with Crippen LogP contribution in [-0.4, -0.2) is 39.2 Å². The van der Waals surface area contributed by atoms with E-state index in [4.69, 9.17) is 9.63 Å². The van der Waals surface area contributed by atoms with E-state index in [9.17, 15) is 4.79 Å². The number of rotatable bonds is 3. The molecule has 0 aliphatic carbocycles. The van der Waals surface area contributed by atoms with Crippen molar-refractivity contribution in [3.8, 4) is 0 Å². The van der Waals surface area contributed by atoms with Crippen molar-refractivity contribution >= 4 is 5.97 Å². The first-order chi connectivity index (χ1) is 7.15. The molecule has 2 rings (SSSR count). The smallest absolute Gasteiger partial charge is 0.307 e. The van der Waals surface area contributed by atoms with Crippen LogP contribution in [0.3, 0.4) is 0 Å². The van der Waals surface area contributed by atoms with Gasteiger partial charge < -0.3 is 9.63 Å². The minimum Gasteiger partial charge on any atom is -0.481 e. The molecule has 0 spiro atoms. The normalized spacial score (nSPS) is 22.1. The van der Waals surface area contributed by atoms with Gasteiger partial charge in [-0.1, -0.05) is 5.16 Å². The van der Waals surface area contributed by atoms with Gasteiger partial charge in [-0.2, -0.15) is 4.98 Å². The van der Waals surface area contributed by atoms with E-state index in [0.717, 1.165) is 6.54 Å². The van der Waals surface area contributed by atoms with Crippen LogP contribution in [0.25, 0.3) is 0 Å². The molecule has 6 nitrogen and oxygen atoms in total. The van der Waals surface area contributed by atoms with Crippen LogP contribution in [0.5, 0.6) is 0 Å². The highest BCUT2D eigenvalue weighted by Crippen LogP contribution is 2.17. The molecule has 1 fully saturated rings. The Morgan fingerprint density at radius 2 is 2.53 bits per heavy atom. The Morgan fingerprint density at radius 1 is 1.73 bits per heavy atom. The molecule has 6 heteroatoms. The van der Waals surface area contributed by atoms with Crippen molar-refractivity contribution in [1.82, 2.24) is 15.0 Å². The van der Waals surface area contributed by atoms with Gasteiger partial charge in [-0.25, -0.2) is 0 Å². The van der Waals surface area contributed by atoms with E-state index in [1.165, 1.54) is 0 Å². The van der Waals surface area contributed by atoms with Gasteiger partial charge in [-0.3, -0.25) is 9.69 Å². The second-order valence-corrected chi connectivity index (χ2v) is 3.79. The van der Waals surface area contributed by atoms with Crippen molar-refractivity contribution < 1.29 is 14.4 Å². The van der Waals surface area contributed by atoms with Gasteiger partial charge in [0.25, 0.3) is 0 Å². The SMILES string of the molecule is Cc1nc(CN2CCC(C(=O)O)C2)no1. The number of nitrogens with zero attached hydrogens (tertiary/aromatic N) is 3. The third-order valence-corrected chi connectivity index (χ3v) is 2.56. The second kappa shape index (κ2) is 3.98. The number of carboxylic acids is 1. The Bertz CT molecular complexity index is 363. The zero-order chi connectivity index (χ0) is 10.8. The van der Waals surface area contributed by atoms with Crippen molar-refractivity contribution in [2.24, 2.45) is 5.92 Å². The Morgan fingerprint density at radius 3 is 3.07 bits per heavy atom. The molecule has 0 saturated carbocycles. The average Bonchev–Trinajstić information content (AvgIpc) is 2.76. The highest BCUT2D eigenvalue weighted by Gasteiger charge is 2.28. The molecular weight excluding hydrogens is 198 g/mol. The molecule has 1 aromatic rings. The summed E-state index contributed by atoms with van der Waals surface area (Å²) in [6.07, 6.45) is 0.701. The number of carbonyl (C=O) groups is 1. The van der Waals surface area contributed by atoms with Crippen LogP contribution in [0, 0.1) is 12.8 Å². The van der Waals surface area contributed by atoms with Crippen LogP contribution in [0.15, 0.2) is 4.52 Å². The first-order valence-electron chi connectivity index (χ1n) is 4.89. The molecule has 1 aliphatic heterocycles. The maximum Gasteiger partial charge on any atom is 0.307 e. The lowest BCUT2D eigenvalue weighted by atomic mass is 10.1. The predicted octanol–water partition coefficient (Wildman–Crippen LogP) is 0.285. The maximum atomic E-state index is 10.7. The zero-order valence-electron chi connectivity index (χ0n) is 8.51. The van der Waals surface area contributed by atoms with Gasteiger partial charge >= 0.3 is 5.97 Å². The lowest BCUT2D eigenvalue weighted by Crippen LogP contribution is -2.23. The number of likely N-dealkylation sites (tertiary alicyclic amines) is 1.